The summed E-state index contributed by atoms with van der Waals surface area (Å²) in [7, 11) is 2.75. The number of esters is 1. The maximum Gasteiger partial charge on any atom is 0.354 e. The average Bonchev–Trinajstić information content (AvgIpc) is 2.53. The van der Waals surface area contributed by atoms with Gasteiger partial charge in [-0.25, -0.2) is 4.79 Å². The number of aryl methyl sites for hydroxylation is 1. The molecule has 0 aliphatic heterocycles. The Morgan fingerprint density at radius 3 is 2.38 bits per heavy atom. The Bertz CT molecular complexity index is 420. The summed E-state index contributed by atoms with van der Waals surface area (Å²) in [6.07, 6.45) is 0. The van der Waals surface area contributed by atoms with Gasteiger partial charge in [-0.3, -0.25) is 4.79 Å². The highest BCUT2D eigenvalue weighted by Crippen LogP contribution is 2.19. The van der Waals surface area contributed by atoms with Gasteiger partial charge in [0, 0.05) is 18.4 Å². The number of nitrogens with one attached hydrogen (secondary N) is 1. The Morgan fingerprint density at radius 1 is 1.25 bits per heavy atom. The van der Waals surface area contributed by atoms with Crippen LogP contribution in [0.4, 0.5) is 0 Å². The molecule has 5 heteroatoms. The van der Waals surface area contributed by atoms with Crippen LogP contribution in [-0.2, 0) is 9.47 Å². The van der Waals surface area contributed by atoms with Crippen LogP contribution < -0.4 is 0 Å². The van der Waals surface area contributed by atoms with Crippen molar-refractivity contribution in [1.82, 2.24) is 4.98 Å². The predicted molar refractivity (Wildman–Crippen MR) is 57.8 cm³/mol. The number of methoxy groups -OCH3 is 2. The number of aromatic nitrogens is 1. The quantitative estimate of drug-likeness (QED) is 0.618. The molecule has 0 amide bonds. The zero-order chi connectivity index (χ0) is 12.3. The zero-order valence-corrected chi connectivity index (χ0v) is 9.84. The van der Waals surface area contributed by atoms with Crippen LogP contribution in [0, 0.1) is 13.8 Å². The highest BCUT2D eigenvalue weighted by molar-refractivity contribution is 6.03. The second-order valence-corrected chi connectivity index (χ2v) is 3.47. The third-order valence-electron chi connectivity index (χ3n) is 2.38. The highest BCUT2D eigenvalue weighted by atomic mass is 16.5. The number of rotatable bonds is 4. The number of ether oxygens (including phenoxy) is 2. The van der Waals surface area contributed by atoms with Crippen molar-refractivity contribution in [1.29, 1.82) is 0 Å². The molecule has 16 heavy (non-hydrogen) atoms. The van der Waals surface area contributed by atoms with Crippen molar-refractivity contribution in [3.63, 3.8) is 0 Å². The lowest BCUT2D eigenvalue weighted by Crippen LogP contribution is -2.09. The minimum atomic E-state index is -0.475. The van der Waals surface area contributed by atoms with Crippen LogP contribution in [0.3, 0.4) is 0 Å². The molecule has 0 saturated carbocycles. The lowest BCUT2D eigenvalue weighted by atomic mass is 10.1. The Morgan fingerprint density at radius 2 is 1.88 bits per heavy atom. The molecule has 1 heterocycles. The lowest BCUT2D eigenvalue weighted by molar-refractivity contribution is 0.0594. The molecule has 1 rings (SSSR count). The van der Waals surface area contributed by atoms with Crippen LogP contribution >= 0.6 is 0 Å². The molecule has 5 nitrogen and oxygen atoms in total. The summed E-state index contributed by atoms with van der Waals surface area (Å²) in [6.45, 7) is 3.45. The van der Waals surface area contributed by atoms with Gasteiger partial charge >= 0.3 is 5.97 Å². The molecule has 0 saturated heterocycles. The number of H-pyrrole nitrogens is 1. The largest absolute Gasteiger partial charge is 0.464 e. The monoisotopic (exact) mass is 225 g/mol. The summed E-state index contributed by atoms with van der Waals surface area (Å²) < 4.78 is 9.40. The fourth-order valence-corrected chi connectivity index (χ4v) is 1.68. The molecule has 0 aliphatic rings. The van der Waals surface area contributed by atoms with Crippen molar-refractivity contribution >= 4 is 11.8 Å². The molecule has 88 valence electrons. The summed E-state index contributed by atoms with van der Waals surface area (Å²) in [5, 5.41) is 0. The van der Waals surface area contributed by atoms with E-state index in [0.717, 1.165) is 0 Å². The maximum absolute atomic E-state index is 11.7. The van der Waals surface area contributed by atoms with Crippen molar-refractivity contribution in [3.05, 3.63) is 22.5 Å². The van der Waals surface area contributed by atoms with E-state index in [-0.39, 0.29) is 12.4 Å². The molecular weight excluding hydrogens is 210 g/mol. The molecule has 0 aliphatic carbocycles. The summed E-state index contributed by atoms with van der Waals surface area (Å²) in [5.41, 5.74) is 2.08. The number of hydrogen-bond donors (Lipinski definition) is 1. The van der Waals surface area contributed by atoms with Gasteiger partial charge in [0.25, 0.3) is 0 Å². The van der Waals surface area contributed by atoms with Crippen LogP contribution in [0.1, 0.15) is 32.1 Å². The number of Topliss-reactive ketones (excluding diaryl/α,β-unsaturated/α-hetero) is 1. The van der Waals surface area contributed by atoms with Crippen LogP contribution in [0.15, 0.2) is 0 Å². The van der Waals surface area contributed by atoms with Crippen LogP contribution in [0.2, 0.25) is 0 Å². The van der Waals surface area contributed by atoms with E-state index in [0.29, 0.717) is 22.5 Å². The first kappa shape index (κ1) is 12.4. The second-order valence-electron chi connectivity index (χ2n) is 3.47. The summed E-state index contributed by atoms with van der Waals surface area (Å²) >= 11 is 0. The van der Waals surface area contributed by atoms with Gasteiger partial charge in [-0.05, 0) is 19.4 Å². The summed E-state index contributed by atoms with van der Waals surface area (Å²) in [5.74, 6) is -0.624. The van der Waals surface area contributed by atoms with Crippen molar-refractivity contribution in [2.75, 3.05) is 20.8 Å². The number of carbonyl (C=O) groups excluding carboxylic acids is 2. The van der Waals surface area contributed by atoms with Crippen molar-refractivity contribution in [2.24, 2.45) is 0 Å². The van der Waals surface area contributed by atoms with Crippen LogP contribution in [0.25, 0.3) is 0 Å². The van der Waals surface area contributed by atoms with Crippen molar-refractivity contribution in [3.8, 4) is 0 Å². The van der Waals surface area contributed by atoms with Crippen LogP contribution in [0.5, 0.6) is 0 Å². The maximum atomic E-state index is 11.7. The molecule has 0 fully saturated rings. The Labute approximate surface area is 93.7 Å². The standard InChI is InChI=1S/C11H15NO4/c1-6-9(8(13)5-15-3)7(2)12-10(6)11(14)16-4/h12H,5H2,1-4H3. The fraction of sp³-hybridized carbons (Fsp3) is 0.455. The van der Waals surface area contributed by atoms with E-state index in [1.54, 1.807) is 13.8 Å². The topological polar surface area (TPSA) is 68.4 Å². The lowest BCUT2D eigenvalue weighted by Gasteiger charge is -2.00. The molecule has 1 aromatic heterocycles. The van der Waals surface area contributed by atoms with Gasteiger partial charge in [0.2, 0.25) is 0 Å². The Balaban J connectivity index is 3.17. The predicted octanol–water partition coefficient (Wildman–Crippen LogP) is 1.25. The average molecular weight is 225 g/mol. The summed E-state index contributed by atoms with van der Waals surface area (Å²) in [6, 6.07) is 0. The van der Waals surface area contributed by atoms with Gasteiger partial charge in [-0.1, -0.05) is 0 Å². The van der Waals surface area contributed by atoms with E-state index >= 15 is 0 Å². The van der Waals surface area contributed by atoms with Gasteiger partial charge in [0.15, 0.2) is 5.78 Å². The SMILES string of the molecule is COCC(=O)c1c(C)[nH]c(C(=O)OC)c1C. The first-order valence-corrected chi connectivity index (χ1v) is 4.82. The third-order valence-corrected chi connectivity index (χ3v) is 2.38. The van der Waals surface area contributed by atoms with E-state index in [2.05, 4.69) is 9.72 Å². The normalized spacial score (nSPS) is 10.2. The molecule has 0 atom stereocenters. The van der Waals surface area contributed by atoms with Crippen molar-refractivity contribution in [2.45, 2.75) is 13.8 Å². The molecule has 0 bridgehead atoms. The molecule has 0 aromatic carbocycles. The molecule has 1 N–H and O–H groups in total. The highest BCUT2D eigenvalue weighted by Gasteiger charge is 2.21. The second kappa shape index (κ2) is 4.94. The van der Waals surface area contributed by atoms with Gasteiger partial charge in [0.1, 0.15) is 12.3 Å². The number of aromatic amines is 1. The van der Waals surface area contributed by atoms with Gasteiger partial charge in [0.05, 0.1) is 7.11 Å². The molecule has 0 unspecified atom stereocenters. The molecular formula is C11H15NO4. The van der Waals surface area contributed by atoms with Crippen molar-refractivity contribution < 1.29 is 19.1 Å². The van der Waals surface area contributed by atoms with E-state index in [1.807, 2.05) is 0 Å². The van der Waals surface area contributed by atoms with E-state index in [4.69, 9.17) is 4.74 Å². The van der Waals surface area contributed by atoms with E-state index in [1.165, 1.54) is 14.2 Å². The smallest absolute Gasteiger partial charge is 0.354 e. The minimum Gasteiger partial charge on any atom is -0.464 e. The summed E-state index contributed by atoms with van der Waals surface area (Å²) in [4.78, 5) is 25.9. The number of hydrogen-bond acceptors (Lipinski definition) is 4. The number of ketones is 1. The third kappa shape index (κ3) is 2.14. The van der Waals surface area contributed by atoms with Gasteiger partial charge in [-0.2, -0.15) is 0 Å². The van der Waals surface area contributed by atoms with E-state index in [9.17, 15) is 9.59 Å². The fourth-order valence-electron chi connectivity index (χ4n) is 1.68. The Kier molecular flexibility index (Phi) is 3.84. The van der Waals surface area contributed by atoms with Gasteiger partial charge < -0.3 is 14.5 Å². The van der Waals surface area contributed by atoms with E-state index < -0.39 is 5.97 Å². The molecule has 1 aromatic rings. The first-order valence-electron chi connectivity index (χ1n) is 4.82. The molecule has 0 spiro atoms. The Hall–Kier alpha value is -1.62. The van der Waals surface area contributed by atoms with Gasteiger partial charge in [-0.15, -0.1) is 0 Å². The minimum absolute atomic E-state index is 0.000145. The number of carbonyl (C=O) groups is 2. The van der Waals surface area contributed by atoms with Crippen LogP contribution in [-0.4, -0.2) is 37.6 Å². The zero-order valence-electron chi connectivity index (χ0n) is 9.84. The molecule has 0 radical (unpaired) electrons. The first-order chi connectivity index (χ1) is 7.52.